The molecule has 2 aromatic rings. The van der Waals surface area contributed by atoms with E-state index in [0.29, 0.717) is 12.8 Å². The van der Waals surface area contributed by atoms with Crippen molar-refractivity contribution in [3.05, 3.63) is 36.0 Å². The highest BCUT2D eigenvalue weighted by Crippen LogP contribution is 2.20. The summed E-state index contributed by atoms with van der Waals surface area (Å²) < 4.78 is 0. The minimum atomic E-state index is -1.18. The lowest BCUT2D eigenvalue weighted by Crippen LogP contribution is -2.59. The van der Waals surface area contributed by atoms with Crippen LogP contribution < -0.4 is 21.7 Å². The molecule has 6 unspecified atom stereocenters. The topological polar surface area (TPSA) is 166 Å². The number of H-pyrrole nitrogens is 1. The molecule has 10 nitrogen and oxygen atoms in total. The predicted octanol–water partition coefficient (Wildman–Crippen LogP) is 1.69. The fourth-order valence-electron chi connectivity index (χ4n) is 3.83. The number of hydrogen-bond donors (Lipinski definition) is 6. The van der Waals surface area contributed by atoms with Crippen molar-refractivity contribution in [2.24, 2.45) is 17.6 Å². The normalized spacial score (nSPS) is 16.3. The third-order valence-electron chi connectivity index (χ3n) is 6.81. The Morgan fingerprint density at radius 1 is 0.917 bits per heavy atom. The molecule has 0 aliphatic carbocycles. The zero-order chi connectivity index (χ0) is 27.0. The third-order valence-corrected chi connectivity index (χ3v) is 6.81. The van der Waals surface area contributed by atoms with E-state index in [1.807, 2.05) is 45.0 Å². The Morgan fingerprint density at radius 3 is 2.17 bits per heavy atom. The maximum Gasteiger partial charge on any atom is 0.325 e. The van der Waals surface area contributed by atoms with Gasteiger partial charge in [0.25, 0.3) is 0 Å². The largest absolute Gasteiger partial charge is 0.480 e. The van der Waals surface area contributed by atoms with Crippen molar-refractivity contribution in [1.82, 2.24) is 20.9 Å². The van der Waals surface area contributed by atoms with Gasteiger partial charge in [0.2, 0.25) is 17.7 Å². The number of carbonyl (C=O) groups is 4. The Labute approximate surface area is 211 Å². The first-order valence-electron chi connectivity index (χ1n) is 12.4. The summed E-state index contributed by atoms with van der Waals surface area (Å²) >= 11 is 0. The van der Waals surface area contributed by atoms with Crippen LogP contribution in [-0.2, 0) is 25.6 Å². The number of carbonyl (C=O) groups excluding carboxylic acids is 3. The van der Waals surface area contributed by atoms with Gasteiger partial charge in [-0.25, -0.2) is 0 Å². The number of benzene rings is 1. The summed E-state index contributed by atoms with van der Waals surface area (Å²) in [6.45, 7) is 8.81. The molecule has 10 heteroatoms. The molecule has 0 spiro atoms. The summed E-state index contributed by atoms with van der Waals surface area (Å²) in [7, 11) is 0. The molecule has 0 saturated heterocycles. The molecular formula is C26H39N5O5. The lowest BCUT2D eigenvalue weighted by atomic mass is 9.96. The number of aromatic nitrogens is 1. The Bertz CT molecular complexity index is 1070. The van der Waals surface area contributed by atoms with Gasteiger partial charge in [-0.2, -0.15) is 0 Å². The van der Waals surface area contributed by atoms with E-state index in [2.05, 4.69) is 20.9 Å². The number of carboxylic acid groups (broad SMARTS) is 1. The first-order valence-corrected chi connectivity index (χ1v) is 12.4. The monoisotopic (exact) mass is 501 g/mol. The highest BCUT2D eigenvalue weighted by molar-refractivity contribution is 5.95. The molecule has 1 aromatic heterocycles. The van der Waals surface area contributed by atoms with E-state index < -0.39 is 47.9 Å². The number of rotatable bonds is 13. The van der Waals surface area contributed by atoms with Crippen molar-refractivity contribution in [2.75, 3.05) is 0 Å². The van der Waals surface area contributed by atoms with Crippen LogP contribution in [0.25, 0.3) is 10.9 Å². The van der Waals surface area contributed by atoms with Crippen LogP contribution in [-0.4, -0.2) is 57.9 Å². The van der Waals surface area contributed by atoms with Crippen molar-refractivity contribution < 1.29 is 24.3 Å². The lowest BCUT2D eigenvalue weighted by molar-refractivity contribution is -0.142. The molecule has 0 aliphatic rings. The summed E-state index contributed by atoms with van der Waals surface area (Å²) in [5.41, 5.74) is 7.84. The van der Waals surface area contributed by atoms with Crippen LogP contribution in [0.5, 0.6) is 0 Å². The van der Waals surface area contributed by atoms with Crippen LogP contribution in [0.3, 0.4) is 0 Å². The highest BCUT2D eigenvalue weighted by atomic mass is 16.4. The van der Waals surface area contributed by atoms with Crippen LogP contribution >= 0.6 is 0 Å². The van der Waals surface area contributed by atoms with E-state index in [1.54, 1.807) is 13.1 Å². The Balaban J connectivity index is 2.32. The second kappa shape index (κ2) is 13.1. The molecule has 3 amide bonds. The number of para-hydroxylation sites is 1. The van der Waals surface area contributed by atoms with Gasteiger partial charge in [-0.15, -0.1) is 0 Å². The fourth-order valence-corrected chi connectivity index (χ4v) is 3.83. The lowest BCUT2D eigenvalue weighted by Gasteiger charge is -2.28. The van der Waals surface area contributed by atoms with Crippen LogP contribution in [0.15, 0.2) is 30.5 Å². The second-order valence-electron chi connectivity index (χ2n) is 9.48. The number of amides is 3. The van der Waals surface area contributed by atoms with E-state index in [4.69, 9.17) is 10.8 Å². The average Bonchev–Trinajstić information content (AvgIpc) is 3.27. The molecule has 0 radical (unpaired) electrons. The minimum Gasteiger partial charge on any atom is -0.480 e. The van der Waals surface area contributed by atoms with Crippen LogP contribution in [0.1, 0.15) is 53.0 Å². The van der Waals surface area contributed by atoms with Gasteiger partial charge < -0.3 is 31.8 Å². The Morgan fingerprint density at radius 2 is 1.56 bits per heavy atom. The van der Waals surface area contributed by atoms with E-state index in [9.17, 15) is 19.2 Å². The molecule has 36 heavy (non-hydrogen) atoms. The molecular weight excluding hydrogens is 462 g/mol. The third kappa shape index (κ3) is 7.30. The number of aliphatic carboxylic acids is 1. The van der Waals surface area contributed by atoms with Crippen LogP contribution in [0.4, 0.5) is 0 Å². The van der Waals surface area contributed by atoms with Crippen molar-refractivity contribution in [3.8, 4) is 0 Å². The molecule has 0 aliphatic heterocycles. The van der Waals surface area contributed by atoms with Gasteiger partial charge in [-0.3, -0.25) is 19.2 Å². The highest BCUT2D eigenvalue weighted by Gasteiger charge is 2.32. The molecule has 2 rings (SSSR count). The van der Waals surface area contributed by atoms with Gasteiger partial charge in [0, 0.05) is 23.5 Å². The van der Waals surface area contributed by atoms with Gasteiger partial charge in [0.05, 0.1) is 6.04 Å². The predicted molar refractivity (Wildman–Crippen MR) is 138 cm³/mol. The molecule has 6 atom stereocenters. The average molecular weight is 502 g/mol. The molecule has 0 saturated carbocycles. The molecule has 0 fully saturated rings. The Hall–Kier alpha value is -3.40. The zero-order valence-electron chi connectivity index (χ0n) is 21.6. The number of carboxylic acids is 1. The van der Waals surface area contributed by atoms with E-state index >= 15 is 0 Å². The standard InChI is InChI=1S/C26H39N5O5/c1-6-14(3)21(27)24(33)30-20(12-17-13-28-19-11-9-8-10-18(17)19)23(32)31-22(15(4)7-2)25(34)29-16(5)26(35)36/h8-11,13-16,20-22,28H,6-7,12,27H2,1-5H3,(H,29,34)(H,30,33)(H,31,32)(H,35,36). The first-order chi connectivity index (χ1) is 17.0. The van der Waals surface area contributed by atoms with Crippen molar-refractivity contribution >= 4 is 34.6 Å². The maximum atomic E-state index is 13.5. The number of nitrogens with two attached hydrogens (primary N) is 1. The van der Waals surface area contributed by atoms with Gasteiger partial charge >= 0.3 is 5.97 Å². The first kappa shape index (κ1) is 28.8. The van der Waals surface area contributed by atoms with E-state index in [1.165, 1.54) is 6.92 Å². The van der Waals surface area contributed by atoms with Crippen LogP contribution in [0, 0.1) is 11.8 Å². The summed E-state index contributed by atoms with van der Waals surface area (Å²) in [6, 6.07) is 3.74. The molecule has 1 aromatic carbocycles. The summed E-state index contributed by atoms with van der Waals surface area (Å²) in [5.74, 6) is -3.14. The molecule has 7 N–H and O–H groups in total. The van der Waals surface area contributed by atoms with E-state index in [-0.39, 0.29) is 18.3 Å². The molecule has 1 heterocycles. The smallest absolute Gasteiger partial charge is 0.325 e. The molecule has 0 bridgehead atoms. The Kier molecular flexibility index (Phi) is 10.5. The van der Waals surface area contributed by atoms with Gasteiger partial charge in [-0.1, -0.05) is 58.7 Å². The van der Waals surface area contributed by atoms with Gasteiger partial charge in [0.15, 0.2) is 0 Å². The zero-order valence-corrected chi connectivity index (χ0v) is 21.6. The van der Waals surface area contributed by atoms with Crippen LogP contribution in [0.2, 0.25) is 0 Å². The van der Waals surface area contributed by atoms with Gasteiger partial charge in [0.1, 0.15) is 18.1 Å². The number of hydrogen-bond acceptors (Lipinski definition) is 5. The number of nitrogens with one attached hydrogen (secondary N) is 4. The summed E-state index contributed by atoms with van der Waals surface area (Å²) in [4.78, 5) is 53.6. The number of aromatic amines is 1. The fraction of sp³-hybridized carbons (Fsp3) is 0.538. The SMILES string of the molecule is CCC(C)C(N)C(=O)NC(Cc1c[nH]c2ccccc12)C(=O)NC(C(=O)NC(C)C(=O)O)C(C)CC. The quantitative estimate of drug-likeness (QED) is 0.244. The summed E-state index contributed by atoms with van der Waals surface area (Å²) in [5, 5.41) is 18.0. The minimum absolute atomic E-state index is 0.0852. The molecule has 198 valence electrons. The van der Waals surface area contributed by atoms with Crippen molar-refractivity contribution in [2.45, 2.75) is 78.0 Å². The van der Waals surface area contributed by atoms with Crippen molar-refractivity contribution in [1.29, 1.82) is 0 Å². The number of fused-ring (bicyclic) bond motifs is 1. The van der Waals surface area contributed by atoms with Crippen molar-refractivity contribution in [3.63, 3.8) is 0 Å². The maximum absolute atomic E-state index is 13.5. The van der Waals surface area contributed by atoms with E-state index in [0.717, 1.165) is 16.5 Å². The summed E-state index contributed by atoms with van der Waals surface area (Å²) in [6.07, 6.45) is 3.23. The second-order valence-corrected chi connectivity index (χ2v) is 9.48. The van der Waals surface area contributed by atoms with Gasteiger partial charge in [-0.05, 0) is 30.4 Å².